The molecule has 1 aliphatic carbocycles. The van der Waals surface area contributed by atoms with Crippen molar-refractivity contribution in [2.24, 2.45) is 0 Å². The molecule has 0 saturated heterocycles. The fraction of sp³-hybridized carbons (Fsp3) is 0.219. The summed E-state index contributed by atoms with van der Waals surface area (Å²) in [6.07, 6.45) is -0.657. The number of halogens is 3. The lowest BCUT2D eigenvalue weighted by molar-refractivity contribution is -0.200. The summed E-state index contributed by atoms with van der Waals surface area (Å²) < 4.78 is 73.2. The second-order valence-corrected chi connectivity index (χ2v) is 9.62. The van der Waals surface area contributed by atoms with Crippen LogP contribution >= 0.6 is 0 Å². The maximum Gasteiger partial charge on any atom is 0.353 e. The van der Waals surface area contributed by atoms with Gasteiger partial charge in [-0.05, 0) is 29.7 Å². The maximum atomic E-state index is 15.8. The van der Waals surface area contributed by atoms with Crippen molar-refractivity contribution in [3.63, 3.8) is 0 Å². The predicted molar refractivity (Wildman–Crippen MR) is 146 cm³/mol. The number of esters is 1. The van der Waals surface area contributed by atoms with Crippen LogP contribution in [0, 0.1) is 28.9 Å². The lowest BCUT2D eigenvalue weighted by Gasteiger charge is -2.45. The number of hydrogen-bond acceptors (Lipinski definition) is 8. The fourth-order valence-electron chi connectivity index (χ4n) is 4.51. The van der Waals surface area contributed by atoms with Crippen molar-refractivity contribution in [2.75, 3.05) is 7.11 Å². The lowest BCUT2D eigenvalue weighted by Crippen LogP contribution is -2.63. The average Bonchev–Trinajstić information content (AvgIpc) is 3.03. The van der Waals surface area contributed by atoms with E-state index in [1.54, 1.807) is 24.3 Å². The van der Waals surface area contributed by atoms with Crippen LogP contribution in [0.2, 0.25) is 0 Å². The van der Waals surface area contributed by atoms with Gasteiger partial charge in [-0.2, -0.15) is 23.4 Å². The molecule has 0 aliphatic heterocycles. The van der Waals surface area contributed by atoms with Gasteiger partial charge in [0.2, 0.25) is 23.0 Å². The van der Waals surface area contributed by atoms with Crippen molar-refractivity contribution < 1.29 is 41.7 Å². The van der Waals surface area contributed by atoms with E-state index in [-0.39, 0.29) is 36.7 Å². The largest absolute Gasteiger partial charge is 0.485 e. The van der Waals surface area contributed by atoms with Crippen LogP contribution in [0.25, 0.3) is 0 Å². The molecule has 1 aromatic heterocycles. The Hall–Kier alpha value is -5.08. The van der Waals surface area contributed by atoms with E-state index in [9.17, 15) is 14.4 Å². The number of aromatic nitrogens is 1. The molecular weight excluding hydrogens is 565 g/mol. The summed E-state index contributed by atoms with van der Waals surface area (Å²) in [5.41, 5.74) is -0.232. The molecule has 1 fully saturated rings. The summed E-state index contributed by atoms with van der Waals surface area (Å²) in [5, 5.41) is 9.36. The molecule has 1 heterocycles. The smallest absolute Gasteiger partial charge is 0.353 e. The Labute approximate surface area is 245 Å². The Morgan fingerprint density at radius 2 is 1.63 bits per heavy atom. The van der Waals surface area contributed by atoms with Gasteiger partial charge >= 0.3 is 5.97 Å². The molecule has 1 saturated carbocycles. The molecule has 43 heavy (non-hydrogen) atoms. The first-order valence-electron chi connectivity index (χ1n) is 13.2. The standard InChI is InChI=1S/C32H25F3N2O6/c1-39-31(38)32(15-14-25(32)41-19-21-10-6-3-7-11-21)43-28-26(33)29(35)37-30(27(28)34)42-24-16-22(17-36)12-13-23(24)40-18-20-8-4-2-5-9-20/h2-13,16,25H,14-15,18-19H2,1H3. The molecule has 0 bridgehead atoms. The molecule has 4 aromatic rings. The van der Waals surface area contributed by atoms with Gasteiger partial charge in [0.05, 0.1) is 25.3 Å². The number of ether oxygens (including phenoxy) is 5. The summed E-state index contributed by atoms with van der Waals surface area (Å²) in [5.74, 6) is -8.33. The van der Waals surface area contributed by atoms with E-state index in [1.807, 2.05) is 42.5 Å². The van der Waals surface area contributed by atoms with Crippen molar-refractivity contribution in [2.45, 2.75) is 37.8 Å². The number of carbonyl (C=O) groups excluding carboxylic acids is 1. The van der Waals surface area contributed by atoms with Crippen molar-refractivity contribution in [1.82, 2.24) is 4.98 Å². The maximum absolute atomic E-state index is 15.8. The first kappa shape index (κ1) is 29.4. The summed E-state index contributed by atoms with van der Waals surface area (Å²) in [6, 6.07) is 24.2. The fourth-order valence-corrected chi connectivity index (χ4v) is 4.51. The van der Waals surface area contributed by atoms with E-state index in [2.05, 4.69) is 4.98 Å². The molecule has 2 atom stereocenters. The van der Waals surface area contributed by atoms with Gasteiger partial charge in [-0.3, -0.25) is 0 Å². The molecule has 8 nitrogen and oxygen atoms in total. The monoisotopic (exact) mass is 590 g/mol. The van der Waals surface area contributed by atoms with Gasteiger partial charge in [0, 0.05) is 12.5 Å². The summed E-state index contributed by atoms with van der Waals surface area (Å²) in [4.78, 5) is 16.1. The van der Waals surface area contributed by atoms with E-state index in [0.29, 0.717) is 6.42 Å². The van der Waals surface area contributed by atoms with Gasteiger partial charge in [0.15, 0.2) is 11.5 Å². The summed E-state index contributed by atoms with van der Waals surface area (Å²) in [6.45, 7) is 0.176. The third-order valence-corrected chi connectivity index (χ3v) is 6.89. The Bertz CT molecular complexity index is 1650. The van der Waals surface area contributed by atoms with Crippen LogP contribution in [0.15, 0.2) is 78.9 Å². The number of benzene rings is 3. The van der Waals surface area contributed by atoms with Crippen molar-refractivity contribution in [3.05, 3.63) is 113 Å². The third-order valence-electron chi connectivity index (χ3n) is 6.89. The highest BCUT2D eigenvalue weighted by molar-refractivity contribution is 5.82. The highest BCUT2D eigenvalue weighted by Gasteiger charge is 2.58. The Morgan fingerprint density at radius 1 is 0.953 bits per heavy atom. The molecule has 0 N–H and O–H groups in total. The number of methoxy groups -OCH3 is 1. The van der Waals surface area contributed by atoms with E-state index in [1.165, 1.54) is 18.2 Å². The van der Waals surface area contributed by atoms with Crippen LogP contribution in [0.1, 0.15) is 29.5 Å². The zero-order chi connectivity index (χ0) is 30.4. The average molecular weight is 591 g/mol. The number of rotatable bonds is 11. The minimum atomic E-state index is -1.96. The number of carbonyl (C=O) groups is 1. The second kappa shape index (κ2) is 12.8. The van der Waals surface area contributed by atoms with Gasteiger partial charge in [0.1, 0.15) is 12.7 Å². The zero-order valence-corrected chi connectivity index (χ0v) is 22.9. The summed E-state index contributed by atoms with van der Waals surface area (Å²) >= 11 is 0. The van der Waals surface area contributed by atoms with Crippen LogP contribution in [0.3, 0.4) is 0 Å². The van der Waals surface area contributed by atoms with E-state index in [0.717, 1.165) is 18.2 Å². The highest BCUT2D eigenvalue weighted by atomic mass is 19.2. The minimum Gasteiger partial charge on any atom is -0.485 e. The third kappa shape index (κ3) is 6.24. The number of nitriles is 1. The Morgan fingerprint density at radius 3 is 2.23 bits per heavy atom. The molecule has 0 spiro atoms. The van der Waals surface area contributed by atoms with Crippen LogP contribution < -0.4 is 14.2 Å². The number of nitrogens with zero attached hydrogens (tertiary/aromatic N) is 2. The SMILES string of the molecule is COC(=O)C1(Oc2c(F)c(F)nc(Oc3cc(C#N)ccc3OCc3ccccc3)c2F)CCC1OCc1ccccc1. The van der Waals surface area contributed by atoms with Crippen molar-refractivity contribution >= 4 is 5.97 Å². The van der Waals surface area contributed by atoms with Crippen LogP contribution in [-0.4, -0.2) is 29.8 Å². The molecule has 1 aliphatic rings. The molecule has 0 radical (unpaired) electrons. The highest BCUT2D eigenvalue weighted by Crippen LogP contribution is 2.44. The van der Waals surface area contributed by atoms with Gasteiger partial charge in [0.25, 0.3) is 11.8 Å². The molecule has 11 heteroatoms. The van der Waals surface area contributed by atoms with Crippen LogP contribution in [-0.2, 0) is 27.5 Å². The molecule has 2 unspecified atom stereocenters. The minimum absolute atomic E-state index is 0.0141. The quantitative estimate of drug-likeness (QED) is 0.146. The normalized spacial score (nSPS) is 17.3. The topological polar surface area (TPSA) is 99.9 Å². The lowest BCUT2D eigenvalue weighted by atomic mass is 9.76. The van der Waals surface area contributed by atoms with Crippen LogP contribution in [0.4, 0.5) is 13.2 Å². The zero-order valence-electron chi connectivity index (χ0n) is 22.9. The first-order chi connectivity index (χ1) is 20.8. The van der Waals surface area contributed by atoms with Gasteiger partial charge in [-0.15, -0.1) is 0 Å². The molecule has 220 valence electrons. The van der Waals surface area contributed by atoms with Gasteiger partial charge in [-0.25, -0.2) is 4.79 Å². The van der Waals surface area contributed by atoms with Crippen molar-refractivity contribution in [3.8, 4) is 29.2 Å². The number of hydrogen-bond donors (Lipinski definition) is 0. The molecule has 0 amide bonds. The van der Waals surface area contributed by atoms with E-state index >= 15 is 8.78 Å². The summed E-state index contributed by atoms with van der Waals surface area (Å²) in [7, 11) is 1.09. The van der Waals surface area contributed by atoms with Crippen LogP contribution in [0.5, 0.6) is 23.1 Å². The predicted octanol–water partition coefficient (Wildman–Crippen LogP) is 6.41. The van der Waals surface area contributed by atoms with Gasteiger partial charge < -0.3 is 23.7 Å². The van der Waals surface area contributed by atoms with E-state index in [4.69, 9.17) is 23.7 Å². The Kier molecular flexibility index (Phi) is 8.78. The molecular formula is C32H25F3N2O6. The van der Waals surface area contributed by atoms with E-state index < -0.39 is 46.9 Å². The van der Waals surface area contributed by atoms with Crippen molar-refractivity contribution in [1.29, 1.82) is 5.26 Å². The number of pyridine rings is 1. The second-order valence-electron chi connectivity index (χ2n) is 9.62. The first-order valence-corrected chi connectivity index (χ1v) is 13.2. The van der Waals surface area contributed by atoms with Gasteiger partial charge in [-0.1, -0.05) is 60.7 Å². The molecule has 3 aromatic carbocycles. The molecule has 5 rings (SSSR count). The Balaban J connectivity index is 1.44.